The van der Waals surface area contributed by atoms with Crippen molar-refractivity contribution < 1.29 is 14.4 Å². The maximum Gasteiger partial charge on any atom is 0.325 e. The second-order valence-corrected chi connectivity index (χ2v) is 7.44. The van der Waals surface area contributed by atoms with E-state index in [4.69, 9.17) is 5.26 Å². The highest BCUT2D eigenvalue weighted by Crippen LogP contribution is 2.29. The monoisotopic (exact) mass is 368 g/mol. The second-order valence-electron chi connectivity index (χ2n) is 7.44. The van der Waals surface area contributed by atoms with Crippen molar-refractivity contribution >= 4 is 17.8 Å². The van der Waals surface area contributed by atoms with E-state index in [9.17, 15) is 14.4 Å². The van der Waals surface area contributed by atoms with Gasteiger partial charge in [-0.25, -0.2) is 4.79 Å². The zero-order valence-corrected chi connectivity index (χ0v) is 15.7. The van der Waals surface area contributed by atoms with Gasteiger partial charge < -0.3 is 10.2 Å². The van der Waals surface area contributed by atoms with Gasteiger partial charge in [-0.1, -0.05) is 31.4 Å². The molecule has 1 aromatic carbocycles. The molecular formula is C20H24N4O3. The van der Waals surface area contributed by atoms with Crippen LogP contribution in [0.1, 0.15) is 50.2 Å². The van der Waals surface area contributed by atoms with Crippen LogP contribution in [0.15, 0.2) is 24.3 Å². The fourth-order valence-corrected chi connectivity index (χ4v) is 3.85. The molecule has 0 spiro atoms. The molecule has 1 saturated heterocycles. The van der Waals surface area contributed by atoms with Crippen molar-refractivity contribution in [2.24, 2.45) is 0 Å². The Hall–Kier alpha value is -2.88. The third-order valence-corrected chi connectivity index (χ3v) is 5.65. The Labute approximate surface area is 158 Å². The van der Waals surface area contributed by atoms with Gasteiger partial charge in [-0.3, -0.25) is 14.5 Å². The van der Waals surface area contributed by atoms with E-state index in [-0.39, 0.29) is 18.5 Å². The lowest BCUT2D eigenvalue weighted by molar-refractivity contribution is -0.139. The highest BCUT2D eigenvalue weighted by molar-refractivity contribution is 6.09. The lowest BCUT2D eigenvalue weighted by Crippen LogP contribution is -2.46. The van der Waals surface area contributed by atoms with Gasteiger partial charge in [0.25, 0.3) is 5.91 Å². The van der Waals surface area contributed by atoms with E-state index in [1.54, 1.807) is 43.1 Å². The number of amides is 4. The minimum Gasteiger partial charge on any atom is -0.341 e. The average molecular weight is 368 g/mol. The van der Waals surface area contributed by atoms with Crippen molar-refractivity contribution in [1.82, 2.24) is 15.1 Å². The molecule has 1 atom stereocenters. The van der Waals surface area contributed by atoms with Crippen LogP contribution in [-0.2, 0) is 15.1 Å². The zero-order chi connectivity index (χ0) is 19.6. The second kappa shape index (κ2) is 7.39. The molecule has 142 valence electrons. The number of nitriles is 1. The Morgan fingerprint density at radius 3 is 2.70 bits per heavy atom. The number of carbonyl (C=O) groups excluding carboxylic acids is 3. The topological polar surface area (TPSA) is 93.5 Å². The van der Waals surface area contributed by atoms with Crippen LogP contribution < -0.4 is 5.32 Å². The Morgan fingerprint density at radius 2 is 2.04 bits per heavy atom. The summed E-state index contributed by atoms with van der Waals surface area (Å²) < 4.78 is 0. The van der Waals surface area contributed by atoms with Crippen LogP contribution in [0.5, 0.6) is 0 Å². The van der Waals surface area contributed by atoms with Crippen LogP contribution in [0, 0.1) is 11.3 Å². The van der Waals surface area contributed by atoms with Gasteiger partial charge in [-0.2, -0.15) is 5.26 Å². The van der Waals surface area contributed by atoms with E-state index >= 15 is 0 Å². The third-order valence-electron chi connectivity index (χ3n) is 5.65. The first-order chi connectivity index (χ1) is 12.9. The molecule has 3 rings (SSSR count). The molecule has 1 aromatic rings. The number of nitrogens with one attached hydrogen (secondary N) is 1. The van der Waals surface area contributed by atoms with E-state index in [2.05, 4.69) is 5.32 Å². The van der Waals surface area contributed by atoms with E-state index in [0.29, 0.717) is 11.1 Å². The Morgan fingerprint density at radius 1 is 1.33 bits per heavy atom. The summed E-state index contributed by atoms with van der Waals surface area (Å²) in [7, 11) is 1.74. The van der Waals surface area contributed by atoms with Crippen LogP contribution in [0.4, 0.5) is 4.79 Å². The molecule has 2 fully saturated rings. The van der Waals surface area contributed by atoms with Crippen LogP contribution in [-0.4, -0.2) is 47.3 Å². The van der Waals surface area contributed by atoms with Crippen molar-refractivity contribution in [3.63, 3.8) is 0 Å². The largest absolute Gasteiger partial charge is 0.341 e. The van der Waals surface area contributed by atoms with Gasteiger partial charge in [0, 0.05) is 13.1 Å². The molecular weight excluding hydrogens is 344 g/mol. The number of hydrogen-bond donors (Lipinski definition) is 1. The summed E-state index contributed by atoms with van der Waals surface area (Å²) in [5, 5.41) is 11.8. The van der Waals surface area contributed by atoms with Crippen LogP contribution in [0.3, 0.4) is 0 Å². The molecule has 1 aliphatic heterocycles. The first-order valence-electron chi connectivity index (χ1n) is 9.27. The number of rotatable bonds is 4. The summed E-state index contributed by atoms with van der Waals surface area (Å²) in [6, 6.07) is 8.19. The lowest BCUT2D eigenvalue weighted by atomic mass is 9.91. The Balaban J connectivity index is 1.75. The number of imide groups is 1. The van der Waals surface area contributed by atoms with Crippen LogP contribution >= 0.6 is 0 Å². The minimum atomic E-state index is -1.28. The number of hydrogen-bond acceptors (Lipinski definition) is 4. The predicted molar refractivity (Wildman–Crippen MR) is 98.4 cm³/mol. The number of nitrogens with zero attached hydrogens (tertiary/aromatic N) is 3. The van der Waals surface area contributed by atoms with Gasteiger partial charge in [0.05, 0.1) is 11.6 Å². The molecule has 0 bridgehead atoms. The molecule has 7 heteroatoms. The van der Waals surface area contributed by atoms with Crippen molar-refractivity contribution in [3.05, 3.63) is 35.4 Å². The Kier molecular flexibility index (Phi) is 5.17. The van der Waals surface area contributed by atoms with E-state index in [0.717, 1.165) is 30.6 Å². The van der Waals surface area contributed by atoms with E-state index in [1.165, 1.54) is 6.42 Å². The highest BCUT2D eigenvalue weighted by Gasteiger charge is 2.49. The van der Waals surface area contributed by atoms with Crippen molar-refractivity contribution in [2.45, 2.75) is 50.6 Å². The summed E-state index contributed by atoms with van der Waals surface area (Å²) in [6.45, 7) is 1.32. The molecule has 7 nitrogen and oxygen atoms in total. The van der Waals surface area contributed by atoms with Gasteiger partial charge in [-0.05, 0) is 37.5 Å². The van der Waals surface area contributed by atoms with Crippen molar-refractivity contribution in [2.75, 3.05) is 13.6 Å². The summed E-state index contributed by atoms with van der Waals surface area (Å²) >= 11 is 0. The van der Waals surface area contributed by atoms with Gasteiger partial charge in [-0.15, -0.1) is 0 Å². The quantitative estimate of drug-likeness (QED) is 0.824. The van der Waals surface area contributed by atoms with E-state index in [1.807, 2.05) is 6.07 Å². The summed E-state index contributed by atoms with van der Waals surface area (Å²) in [6.07, 6.45) is 5.30. The molecule has 0 radical (unpaired) electrons. The minimum absolute atomic E-state index is 0.172. The molecule has 1 N–H and O–H groups in total. The fourth-order valence-electron chi connectivity index (χ4n) is 3.85. The normalized spacial score (nSPS) is 23.1. The molecule has 4 amide bonds. The SMILES string of the molecule is CN(C(=O)CN1C(=O)NC(C)(c2cccc(C#N)c2)C1=O)C1CCCCC1. The number of carbonyl (C=O) groups is 3. The highest BCUT2D eigenvalue weighted by atomic mass is 16.2. The molecule has 27 heavy (non-hydrogen) atoms. The fraction of sp³-hybridized carbons (Fsp3) is 0.500. The van der Waals surface area contributed by atoms with Crippen molar-refractivity contribution in [1.29, 1.82) is 5.26 Å². The van der Waals surface area contributed by atoms with Gasteiger partial charge in [0.1, 0.15) is 12.1 Å². The molecule has 0 aromatic heterocycles. The molecule has 1 aliphatic carbocycles. The van der Waals surface area contributed by atoms with Crippen LogP contribution in [0.25, 0.3) is 0 Å². The van der Waals surface area contributed by atoms with Gasteiger partial charge in [0.15, 0.2) is 0 Å². The third kappa shape index (κ3) is 3.52. The molecule has 1 heterocycles. The number of urea groups is 1. The summed E-state index contributed by atoms with van der Waals surface area (Å²) in [4.78, 5) is 40.7. The molecule has 2 aliphatic rings. The maximum absolute atomic E-state index is 13.0. The van der Waals surface area contributed by atoms with E-state index < -0.39 is 17.5 Å². The zero-order valence-electron chi connectivity index (χ0n) is 15.7. The van der Waals surface area contributed by atoms with Crippen LogP contribution in [0.2, 0.25) is 0 Å². The predicted octanol–water partition coefficient (Wildman–Crippen LogP) is 2.12. The first-order valence-corrected chi connectivity index (χ1v) is 9.27. The smallest absolute Gasteiger partial charge is 0.325 e. The maximum atomic E-state index is 13.0. The summed E-state index contributed by atoms with van der Waals surface area (Å²) in [5.74, 6) is -0.714. The first kappa shape index (κ1) is 18.9. The lowest BCUT2D eigenvalue weighted by Gasteiger charge is -2.32. The number of likely N-dealkylation sites (N-methyl/N-ethyl adjacent to an activating group) is 1. The van der Waals surface area contributed by atoms with Gasteiger partial charge >= 0.3 is 6.03 Å². The van der Waals surface area contributed by atoms with Crippen molar-refractivity contribution in [3.8, 4) is 6.07 Å². The standard InChI is InChI=1S/C20H24N4O3/c1-20(15-8-6-7-14(11-15)12-21)18(26)24(19(27)22-20)13-17(25)23(2)16-9-4-3-5-10-16/h6-8,11,16H,3-5,9-10,13H2,1-2H3,(H,22,27). The summed E-state index contributed by atoms with van der Waals surface area (Å²) in [5.41, 5.74) is -0.356. The van der Waals surface area contributed by atoms with Gasteiger partial charge in [0.2, 0.25) is 5.91 Å². The average Bonchev–Trinajstić information content (AvgIpc) is 2.92. The number of benzene rings is 1. The Bertz CT molecular complexity index is 810. The molecule has 1 unspecified atom stereocenters. The molecule has 1 saturated carbocycles.